The van der Waals surface area contributed by atoms with E-state index in [1.54, 1.807) is 0 Å². The van der Waals surface area contributed by atoms with E-state index >= 15 is 0 Å². The lowest BCUT2D eigenvalue weighted by Crippen LogP contribution is -2.28. The van der Waals surface area contributed by atoms with Gasteiger partial charge in [0.1, 0.15) is 6.17 Å². The summed E-state index contributed by atoms with van der Waals surface area (Å²) in [5, 5.41) is 3.16. The Bertz CT molecular complexity index is 353. The maximum absolute atomic E-state index is 13.3. The first-order valence-electron chi connectivity index (χ1n) is 5.22. The number of benzene rings is 1. The van der Waals surface area contributed by atoms with Gasteiger partial charge < -0.3 is 10.1 Å². The minimum Gasteiger partial charge on any atom is -0.377 e. The first-order chi connectivity index (χ1) is 7.16. The molecule has 1 aliphatic rings. The lowest BCUT2D eigenvalue weighted by atomic mass is 10.1. The Kier molecular flexibility index (Phi) is 2.91. The molecule has 1 heterocycles. The second-order valence-corrected chi connectivity index (χ2v) is 4.10. The molecule has 0 saturated carbocycles. The van der Waals surface area contributed by atoms with Crippen LogP contribution in [0.4, 0.5) is 10.1 Å². The van der Waals surface area contributed by atoms with E-state index in [1.807, 2.05) is 18.2 Å². The van der Waals surface area contributed by atoms with Crippen molar-refractivity contribution in [3.05, 3.63) is 29.3 Å². The van der Waals surface area contributed by atoms with Crippen molar-refractivity contribution in [3.63, 3.8) is 0 Å². The molecule has 0 spiro atoms. The van der Waals surface area contributed by atoms with Gasteiger partial charge >= 0.3 is 0 Å². The van der Waals surface area contributed by atoms with Gasteiger partial charge in [0, 0.05) is 5.69 Å². The highest BCUT2D eigenvalue weighted by atomic mass is 19.1. The Morgan fingerprint density at radius 2 is 2.07 bits per heavy atom. The van der Waals surface area contributed by atoms with Gasteiger partial charge in [-0.15, -0.1) is 0 Å². The molecule has 3 heteroatoms. The molecule has 1 aliphatic heterocycles. The van der Waals surface area contributed by atoms with Crippen molar-refractivity contribution in [2.45, 2.75) is 26.1 Å². The van der Waals surface area contributed by atoms with Crippen LogP contribution in [0.2, 0.25) is 0 Å². The van der Waals surface area contributed by atoms with Gasteiger partial charge in [-0.1, -0.05) is 6.07 Å². The smallest absolute Gasteiger partial charge is 0.146 e. The standard InChI is InChI=1S/C12H16FNO/c1-8-3-4-10(5-9(8)2)14-12-7-15-6-11(12)13/h3-5,11-12,14H,6-7H2,1-2H3/t11-,12-/m1/s1. The zero-order chi connectivity index (χ0) is 10.8. The van der Waals surface area contributed by atoms with Crippen LogP contribution in [-0.4, -0.2) is 25.4 Å². The highest BCUT2D eigenvalue weighted by Crippen LogP contribution is 2.19. The summed E-state index contributed by atoms with van der Waals surface area (Å²) in [6, 6.07) is 5.86. The monoisotopic (exact) mass is 209 g/mol. The van der Waals surface area contributed by atoms with E-state index in [2.05, 4.69) is 19.2 Å². The van der Waals surface area contributed by atoms with E-state index in [9.17, 15) is 4.39 Å². The zero-order valence-corrected chi connectivity index (χ0v) is 9.09. The molecule has 0 unspecified atom stereocenters. The molecule has 1 N–H and O–H groups in total. The van der Waals surface area contributed by atoms with Gasteiger partial charge in [0.25, 0.3) is 0 Å². The number of ether oxygens (including phenoxy) is 1. The Morgan fingerprint density at radius 1 is 1.27 bits per heavy atom. The second kappa shape index (κ2) is 4.19. The minimum atomic E-state index is -0.897. The number of anilines is 1. The summed E-state index contributed by atoms with van der Waals surface area (Å²) >= 11 is 0. The van der Waals surface area contributed by atoms with Crippen LogP contribution in [0.3, 0.4) is 0 Å². The highest BCUT2D eigenvalue weighted by Gasteiger charge is 2.27. The Morgan fingerprint density at radius 3 is 2.67 bits per heavy atom. The molecule has 1 aromatic carbocycles. The predicted octanol–water partition coefficient (Wildman–Crippen LogP) is 2.45. The van der Waals surface area contributed by atoms with Gasteiger partial charge in [-0.05, 0) is 37.1 Å². The summed E-state index contributed by atoms with van der Waals surface area (Å²) in [5.74, 6) is 0. The first kappa shape index (κ1) is 10.4. The summed E-state index contributed by atoms with van der Waals surface area (Å²) in [6.45, 7) is 4.78. The Balaban J connectivity index is 2.07. The van der Waals surface area contributed by atoms with E-state index in [0.717, 1.165) is 5.69 Å². The Hall–Kier alpha value is -1.09. The number of hydrogen-bond acceptors (Lipinski definition) is 2. The molecule has 0 radical (unpaired) electrons. The normalized spacial score (nSPS) is 25.5. The summed E-state index contributed by atoms with van der Waals surface area (Å²) in [7, 11) is 0. The maximum atomic E-state index is 13.3. The molecule has 1 fully saturated rings. The van der Waals surface area contributed by atoms with Crippen LogP contribution in [0.1, 0.15) is 11.1 Å². The van der Waals surface area contributed by atoms with E-state index in [-0.39, 0.29) is 12.6 Å². The van der Waals surface area contributed by atoms with E-state index in [0.29, 0.717) is 6.61 Å². The van der Waals surface area contributed by atoms with Crippen LogP contribution in [0.5, 0.6) is 0 Å². The molecule has 1 saturated heterocycles. The van der Waals surface area contributed by atoms with Crippen molar-refractivity contribution in [1.29, 1.82) is 0 Å². The van der Waals surface area contributed by atoms with Crippen LogP contribution in [0, 0.1) is 13.8 Å². The predicted molar refractivity (Wildman–Crippen MR) is 59.0 cm³/mol. The van der Waals surface area contributed by atoms with E-state index in [1.165, 1.54) is 11.1 Å². The Labute approximate surface area is 89.4 Å². The number of nitrogens with one attached hydrogen (secondary N) is 1. The zero-order valence-electron chi connectivity index (χ0n) is 9.09. The van der Waals surface area contributed by atoms with Crippen LogP contribution in [0.25, 0.3) is 0 Å². The van der Waals surface area contributed by atoms with Gasteiger partial charge in [-0.3, -0.25) is 0 Å². The van der Waals surface area contributed by atoms with E-state index in [4.69, 9.17) is 4.74 Å². The fourth-order valence-corrected chi connectivity index (χ4v) is 1.71. The van der Waals surface area contributed by atoms with Gasteiger partial charge in [-0.25, -0.2) is 4.39 Å². The summed E-state index contributed by atoms with van der Waals surface area (Å²) in [5.41, 5.74) is 3.44. The van der Waals surface area contributed by atoms with Crippen molar-refractivity contribution in [1.82, 2.24) is 0 Å². The van der Waals surface area contributed by atoms with Crippen molar-refractivity contribution >= 4 is 5.69 Å². The first-order valence-corrected chi connectivity index (χ1v) is 5.22. The molecule has 1 aromatic rings. The third-order valence-corrected chi connectivity index (χ3v) is 2.87. The highest BCUT2D eigenvalue weighted by molar-refractivity contribution is 5.49. The van der Waals surface area contributed by atoms with Crippen molar-refractivity contribution in [2.24, 2.45) is 0 Å². The van der Waals surface area contributed by atoms with Gasteiger partial charge in [0.2, 0.25) is 0 Å². The number of hydrogen-bond donors (Lipinski definition) is 1. The van der Waals surface area contributed by atoms with Crippen LogP contribution in [0.15, 0.2) is 18.2 Å². The summed E-state index contributed by atoms with van der Waals surface area (Å²) in [4.78, 5) is 0. The van der Waals surface area contributed by atoms with Crippen LogP contribution in [-0.2, 0) is 4.74 Å². The summed E-state index contributed by atoms with van der Waals surface area (Å²) in [6.07, 6.45) is -0.897. The molecule has 82 valence electrons. The average Bonchev–Trinajstić information content (AvgIpc) is 2.59. The largest absolute Gasteiger partial charge is 0.377 e. The molecular formula is C12H16FNO. The molecule has 15 heavy (non-hydrogen) atoms. The SMILES string of the molecule is Cc1ccc(N[C@@H]2COC[C@H]2F)cc1C. The molecule has 0 aromatic heterocycles. The van der Waals surface area contributed by atoms with E-state index < -0.39 is 6.17 Å². The third-order valence-electron chi connectivity index (χ3n) is 2.87. The molecule has 0 amide bonds. The summed E-state index contributed by atoms with van der Waals surface area (Å²) < 4.78 is 18.3. The van der Waals surface area contributed by atoms with Crippen LogP contribution >= 0.6 is 0 Å². The molecule has 0 bridgehead atoms. The van der Waals surface area contributed by atoms with Crippen molar-refractivity contribution in [3.8, 4) is 0 Å². The van der Waals surface area contributed by atoms with Gasteiger partial charge in [0.15, 0.2) is 0 Å². The van der Waals surface area contributed by atoms with Crippen LogP contribution < -0.4 is 5.32 Å². The average molecular weight is 209 g/mol. The lowest BCUT2D eigenvalue weighted by molar-refractivity contribution is 0.173. The fraction of sp³-hybridized carbons (Fsp3) is 0.500. The molecule has 2 rings (SSSR count). The number of halogens is 1. The molecule has 2 nitrogen and oxygen atoms in total. The van der Waals surface area contributed by atoms with Crippen molar-refractivity contribution < 1.29 is 9.13 Å². The quantitative estimate of drug-likeness (QED) is 0.807. The van der Waals surface area contributed by atoms with Gasteiger partial charge in [-0.2, -0.15) is 0 Å². The molecule has 0 aliphatic carbocycles. The number of alkyl halides is 1. The molecule has 2 atom stereocenters. The number of aryl methyl sites for hydroxylation is 2. The minimum absolute atomic E-state index is 0.202. The number of rotatable bonds is 2. The maximum Gasteiger partial charge on any atom is 0.146 e. The third kappa shape index (κ3) is 2.29. The lowest BCUT2D eigenvalue weighted by Gasteiger charge is -2.15. The van der Waals surface area contributed by atoms with Gasteiger partial charge in [0.05, 0.1) is 19.3 Å². The second-order valence-electron chi connectivity index (χ2n) is 4.10. The topological polar surface area (TPSA) is 21.3 Å². The molecular weight excluding hydrogens is 193 g/mol. The van der Waals surface area contributed by atoms with Crippen molar-refractivity contribution in [2.75, 3.05) is 18.5 Å². The fourth-order valence-electron chi connectivity index (χ4n) is 1.71.